The second kappa shape index (κ2) is 10.0. The molecule has 7 heteroatoms. The number of ether oxygens (including phenoxy) is 2. The number of rotatable bonds is 8. The molecule has 0 unspecified atom stereocenters. The van der Waals surface area contributed by atoms with E-state index in [9.17, 15) is 9.59 Å². The molecule has 7 nitrogen and oxygen atoms in total. The van der Waals surface area contributed by atoms with Crippen LogP contribution in [-0.2, 0) is 13.2 Å². The quantitative estimate of drug-likeness (QED) is 0.291. The fourth-order valence-electron chi connectivity index (χ4n) is 3.67. The maximum atomic E-state index is 12.9. The largest absolute Gasteiger partial charge is 0.485 e. The molecule has 1 amide bonds. The van der Waals surface area contributed by atoms with Crippen LogP contribution >= 0.6 is 0 Å². The van der Waals surface area contributed by atoms with Crippen molar-refractivity contribution in [2.24, 2.45) is 0 Å². The number of nitrogens with one attached hydrogen (secondary N) is 3. The Morgan fingerprint density at radius 2 is 1.31 bits per heavy atom. The number of hydrogen-bond acceptors (Lipinski definition) is 4. The number of fused-ring (bicyclic) bond motifs is 1. The number of benzene rings is 4. The number of imidazole rings is 1. The highest BCUT2D eigenvalue weighted by Gasteiger charge is 2.12. The molecule has 0 atom stereocenters. The molecule has 174 valence electrons. The molecule has 0 fully saturated rings. The van der Waals surface area contributed by atoms with E-state index in [0.29, 0.717) is 47.0 Å². The van der Waals surface area contributed by atoms with Crippen molar-refractivity contribution in [1.29, 1.82) is 0 Å². The molecule has 0 saturated carbocycles. The zero-order valence-electron chi connectivity index (χ0n) is 18.8. The predicted octanol–water partition coefficient (Wildman–Crippen LogP) is 5.27. The summed E-state index contributed by atoms with van der Waals surface area (Å²) in [5.41, 5.74) is 3.93. The second-order valence-electron chi connectivity index (χ2n) is 8.00. The van der Waals surface area contributed by atoms with E-state index in [4.69, 9.17) is 9.47 Å². The van der Waals surface area contributed by atoms with Crippen LogP contribution in [0, 0.1) is 0 Å². The average molecular weight is 466 g/mol. The Hall–Kier alpha value is -4.78. The molecule has 4 aromatic carbocycles. The molecular formula is C28H23N3O4. The van der Waals surface area contributed by atoms with Crippen molar-refractivity contribution in [1.82, 2.24) is 9.97 Å². The van der Waals surface area contributed by atoms with Crippen LogP contribution in [0.25, 0.3) is 11.0 Å². The van der Waals surface area contributed by atoms with E-state index in [-0.39, 0.29) is 11.6 Å². The van der Waals surface area contributed by atoms with Crippen LogP contribution in [0.1, 0.15) is 21.5 Å². The van der Waals surface area contributed by atoms with Gasteiger partial charge in [-0.25, -0.2) is 4.79 Å². The number of anilines is 1. The molecule has 5 aromatic rings. The Morgan fingerprint density at radius 1 is 0.686 bits per heavy atom. The first-order chi connectivity index (χ1) is 17.1. The third kappa shape index (κ3) is 5.42. The highest BCUT2D eigenvalue weighted by molar-refractivity contribution is 6.06. The monoisotopic (exact) mass is 465 g/mol. The van der Waals surface area contributed by atoms with E-state index in [2.05, 4.69) is 15.3 Å². The van der Waals surface area contributed by atoms with Gasteiger partial charge in [-0.3, -0.25) is 4.79 Å². The Kier molecular flexibility index (Phi) is 6.30. The van der Waals surface area contributed by atoms with Gasteiger partial charge in [0.25, 0.3) is 5.91 Å². The number of carbonyl (C=O) groups excluding carboxylic acids is 1. The molecule has 0 saturated heterocycles. The number of amides is 1. The van der Waals surface area contributed by atoms with Gasteiger partial charge in [-0.05, 0) is 41.5 Å². The summed E-state index contributed by atoms with van der Waals surface area (Å²) in [6.45, 7) is 0.751. The maximum absolute atomic E-state index is 12.9. The lowest BCUT2D eigenvalue weighted by atomic mass is 10.2. The molecule has 0 aliphatic carbocycles. The first-order valence-corrected chi connectivity index (χ1v) is 11.1. The van der Waals surface area contributed by atoms with E-state index in [1.807, 2.05) is 60.7 Å². The first kappa shape index (κ1) is 22.0. The number of hydrogen-bond donors (Lipinski definition) is 3. The fourth-order valence-corrected chi connectivity index (χ4v) is 3.67. The molecular weight excluding hydrogens is 442 g/mol. The Bertz CT molecular complexity index is 1510. The van der Waals surface area contributed by atoms with E-state index in [0.717, 1.165) is 11.1 Å². The Balaban J connectivity index is 1.36. The average Bonchev–Trinajstić information content (AvgIpc) is 3.27. The maximum Gasteiger partial charge on any atom is 0.323 e. The molecule has 35 heavy (non-hydrogen) atoms. The fraction of sp³-hybridized carbons (Fsp3) is 0.0714. The topological polar surface area (TPSA) is 96.2 Å². The van der Waals surface area contributed by atoms with Gasteiger partial charge in [-0.15, -0.1) is 0 Å². The van der Waals surface area contributed by atoms with E-state index < -0.39 is 0 Å². The zero-order chi connectivity index (χ0) is 24.0. The predicted molar refractivity (Wildman–Crippen MR) is 135 cm³/mol. The Labute approximate surface area is 201 Å². The molecule has 3 N–H and O–H groups in total. The van der Waals surface area contributed by atoms with Gasteiger partial charge < -0.3 is 24.8 Å². The normalized spacial score (nSPS) is 10.7. The van der Waals surface area contributed by atoms with E-state index >= 15 is 0 Å². The van der Waals surface area contributed by atoms with Crippen LogP contribution in [0.3, 0.4) is 0 Å². The summed E-state index contributed by atoms with van der Waals surface area (Å²) in [4.78, 5) is 29.7. The molecule has 0 bridgehead atoms. The highest BCUT2D eigenvalue weighted by Crippen LogP contribution is 2.32. The highest BCUT2D eigenvalue weighted by atomic mass is 16.5. The zero-order valence-corrected chi connectivity index (χ0v) is 18.8. The number of aromatic amines is 2. The summed E-state index contributed by atoms with van der Waals surface area (Å²) >= 11 is 0. The van der Waals surface area contributed by atoms with Gasteiger partial charge in [0.1, 0.15) is 13.2 Å². The van der Waals surface area contributed by atoms with Gasteiger partial charge in [-0.1, -0.05) is 60.7 Å². The van der Waals surface area contributed by atoms with Gasteiger partial charge in [0.15, 0.2) is 11.5 Å². The van der Waals surface area contributed by atoms with Crippen molar-refractivity contribution in [3.05, 3.63) is 124 Å². The van der Waals surface area contributed by atoms with Gasteiger partial charge in [0.05, 0.1) is 11.0 Å². The van der Waals surface area contributed by atoms with Crippen molar-refractivity contribution in [2.45, 2.75) is 13.2 Å². The summed E-state index contributed by atoms with van der Waals surface area (Å²) < 4.78 is 12.1. The number of H-pyrrole nitrogens is 2. The standard InChI is InChI=1S/C28H23N3O4/c32-27(21-11-13-23-24(15-21)31-28(33)30-23)29-22-12-14-25(34-17-19-7-3-1-4-8-19)26(16-22)35-18-20-9-5-2-6-10-20/h1-16H,17-18H2,(H,29,32)(H2,30,31,33). The third-order valence-corrected chi connectivity index (χ3v) is 5.45. The first-order valence-electron chi connectivity index (χ1n) is 11.1. The van der Waals surface area contributed by atoms with Crippen LogP contribution in [0.15, 0.2) is 102 Å². The Morgan fingerprint density at radius 3 is 2.00 bits per heavy atom. The molecule has 0 spiro atoms. The summed E-state index contributed by atoms with van der Waals surface area (Å²) in [6, 6.07) is 30.0. The second-order valence-corrected chi connectivity index (χ2v) is 8.00. The summed E-state index contributed by atoms with van der Waals surface area (Å²) in [6.07, 6.45) is 0. The molecule has 0 radical (unpaired) electrons. The van der Waals surface area contributed by atoms with E-state index in [1.54, 1.807) is 36.4 Å². The van der Waals surface area contributed by atoms with Crippen molar-refractivity contribution in [2.75, 3.05) is 5.32 Å². The minimum atomic E-state index is -0.316. The van der Waals surface area contributed by atoms with Gasteiger partial charge in [0, 0.05) is 17.3 Å². The lowest BCUT2D eigenvalue weighted by Crippen LogP contribution is -2.12. The molecule has 1 heterocycles. The smallest absolute Gasteiger partial charge is 0.323 e. The van der Waals surface area contributed by atoms with Crippen molar-refractivity contribution in [3.63, 3.8) is 0 Å². The van der Waals surface area contributed by atoms with Crippen molar-refractivity contribution >= 4 is 22.6 Å². The van der Waals surface area contributed by atoms with Crippen LogP contribution in [0.4, 0.5) is 5.69 Å². The lowest BCUT2D eigenvalue weighted by Gasteiger charge is -2.15. The SMILES string of the molecule is O=C(Nc1ccc(OCc2ccccc2)c(OCc2ccccc2)c1)c1ccc2[nH]c(=O)[nH]c2c1. The van der Waals surface area contributed by atoms with Gasteiger partial charge in [-0.2, -0.15) is 0 Å². The number of carbonyl (C=O) groups is 1. The lowest BCUT2D eigenvalue weighted by molar-refractivity contribution is 0.102. The summed E-state index contributed by atoms with van der Waals surface area (Å²) in [7, 11) is 0. The molecule has 0 aliphatic heterocycles. The third-order valence-electron chi connectivity index (χ3n) is 5.45. The van der Waals surface area contributed by atoms with Crippen LogP contribution in [-0.4, -0.2) is 15.9 Å². The summed E-state index contributed by atoms with van der Waals surface area (Å²) in [5, 5.41) is 2.89. The van der Waals surface area contributed by atoms with Crippen LogP contribution < -0.4 is 20.5 Å². The van der Waals surface area contributed by atoms with Crippen molar-refractivity contribution < 1.29 is 14.3 Å². The van der Waals surface area contributed by atoms with Crippen molar-refractivity contribution in [3.8, 4) is 11.5 Å². The van der Waals surface area contributed by atoms with Gasteiger partial charge in [0.2, 0.25) is 0 Å². The number of aromatic nitrogens is 2. The van der Waals surface area contributed by atoms with Crippen LogP contribution in [0.2, 0.25) is 0 Å². The minimum Gasteiger partial charge on any atom is -0.485 e. The van der Waals surface area contributed by atoms with Gasteiger partial charge >= 0.3 is 5.69 Å². The minimum absolute atomic E-state index is 0.305. The molecule has 5 rings (SSSR count). The molecule has 1 aromatic heterocycles. The van der Waals surface area contributed by atoms with E-state index in [1.165, 1.54) is 0 Å². The molecule has 0 aliphatic rings. The summed E-state index contributed by atoms with van der Waals surface area (Å²) in [5.74, 6) is 0.794. The van der Waals surface area contributed by atoms with Crippen LogP contribution in [0.5, 0.6) is 11.5 Å².